The van der Waals surface area contributed by atoms with Crippen LogP contribution in [0.4, 0.5) is 5.82 Å². The number of nitrogens with one attached hydrogen (secondary N) is 2. The third-order valence-corrected chi connectivity index (χ3v) is 3.67. The Labute approximate surface area is 145 Å². The second kappa shape index (κ2) is 8.23. The van der Waals surface area contributed by atoms with E-state index in [0.29, 0.717) is 23.6 Å². The van der Waals surface area contributed by atoms with Gasteiger partial charge in [0.1, 0.15) is 5.69 Å². The molecule has 1 aliphatic heterocycles. The number of aromatic amines is 1. The van der Waals surface area contributed by atoms with Gasteiger partial charge in [-0.1, -0.05) is 0 Å². The van der Waals surface area contributed by atoms with Crippen LogP contribution < -0.4 is 11.1 Å². The van der Waals surface area contributed by atoms with Gasteiger partial charge in [-0.05, 0) is 11.8 Å². The van der Waals surface area contributed by atoms with Gasteiger partial charge in [-0.15, -0.1) is 0 Å². The molecule has 0 bridgehead atoms. The summed E-state index contributed by atoms with van der Waals surface area (Å²) >= 11 is 0. The van der Waals surface area contributed by atoms with E-state index in [9.17, 15) is 4.79 Å². The van der Waals surface area contributed by atoms with E-state index in [1.807, 2.05) is 0 Å². The number of amides is 1. The fourth-order valence-electron chi connectivity index (χ4n) is 2.32. The highest BCUT2D eigenvalue weighted by Gasteiger charge is 2.12. The fraction of sp³-hybridized carbons (Fsp3) is 0.375. The third kappa shape index (κ3) is 4.76. The van der Waals surface area contributed by atoms with Gasteiger partial charge < -0.3 is 15.8 Å². The van der Waals surface area contributed by atoms with Crippen molar-refractivity contribution in [1.82, 2.24) is 30.4 Å². The van der Waals surface area contributed by atoms with Crippen LogP contribution in [-0.2, 0) is 4.74 Å². The first-order valence-corrected chi connectivity index (χ1v) is 7.94. The first-order chi connectivity index (χ1) is 12.2. The number of nitrogens with two attached hydrogens (primary N) is 1. The summed E-state index contributed by atoms with van der Waals surface area (Å²) in [5.41, 5.74) is 6.85. The predicted octanol–water partition coefficient (Wildman–Crippen LogP) is -0.756. The lowest BCUT2D eigenvalue weighted by Crippen LogP contribution is -2.41. The standard InChI is InChI=1S/C16H19N7O2/c17-15-13(18-3-4-19-15)2-1-12-11-14(22-21-12)16(24)20-5-6-23-7-9-25-10-8-23/h3-4,11H,5-10H2,(H2,17,19)(H,20,24)(H,21,22). The summed E-state index contributed by atoms with van der Waals surface area (Å²) in [5.74, 6) is 5.65. The molecule has 0 unspecified atom stereocenters. The fourth-order valence-corrected chi connectivity index (χ4v) is 2.32. The van der Waals surface area contributed by atoms with E-state index < -0.39 is 0 Å². The van der Waals surface area contributed by atoms with E-state index in [1.54, 1.807) is 6.07 Å². The summed E-state index contributed by atoms with van der Waals surface area (Å²) in [6, 6.07) is 1.59. The van der Waals surface area contributed by atoms with E-state index in [0.717, 1.165) is 32.8 Å². The van der Waals surface area contributed by atoms with Crippen molar-refractivity contribution in [2.75, 3.05) is 45.1 Å². The number of H-pyrrole nitrogens is 1. The number of anilines is 1. The Morgan fingerprint density at radius 3 is 2.92 bits per heavy atom. The number of aromatic nitrogens is 4. The molecule has 3 rings (SSSR count). The Bertz CT molecular complexity index is 787. The zero-order valence-electron chi connectivity index (χ0n) is 13.7. The molecule has 2 aromatic heterocycles. The first kappa shape index (κ1) is 16.9. The van der Waals surface area contributed by atoms with Crippen molar-refractivity contribution in [2.45, 2.75) is 0 Å². The molecule has 0 spiro atoms. The first-order valence-electron chi connectivity index (χ1n) is 7.94. The van der Waals surface area contributed by atoms with Crippen molar-refractivity contribution in [3.63, 3.8) is 0 Å². The lowest BCUT2D eigenvalue weighted by molar-refractivity contribution is 0.0383. The average Bonchev–Trinajstić information content (AvgIpc) is 3.11. The minimum Gasteiger partial charge on any atom is -0.381 e. The largest absolute Gasteiger partial charge is 0.381 e. The number of hydrogen-bond acceptors (Lipinski definition) is 7. The van der Waals surface area contributed by atoms with E-state index in [2.05, 4.69) is 42.2 Å². The van der Waals surface area contributed by atoms with E-state index >= 15 is 0 Å². The van der Waals surface area contributed by atoms with Crippen LogP contribution in [0.1, 0.15) is 21.9 Å². The van der Waals surface area contributed by atoms with E-state index in [4.69, 9.17) is 10.5 Å². The molecular formula is C16H19N7O2. The van der Waals surface area contributed by atoms with Crippen molar-refractivity contribution in [3.8, 4) is 11.8 Å². The Hall–Kier alpha value is -2.96. The molecule has 1 aliphatic rings. The van der Waals surface area contributed by atoms with Gasteiger partial charge in [-0.2, -0.15) is 5.10 Å². The molecule has 0 aliphatic carbocycles. The second-order valence-electron chi connectivity index (χ2n) is 5.42. The highest BCUT2D eigenvalue weighted by Crippen LogP contribution is 2.02. The zero-order valence-corrected chi connectivity index (χ0v) is 13.7. The molecule has 0 aromatic carbocycles. The summed E-state index contributed by atoms with van der Waals surface area (Å²) in [6.07, 6.45) is 3.01. The monoisotopic (exact) mass is 341 g/mol. The highest BCUT2D eigenvalue weighted by molar-refractivity contribution is 5.92. The Balaban J connectivity index is 1.52. The zero-order chi connectivity index (χ0) is 17.5. The van der Waals surface area contributed by atoms with Crippen molar-refractivity contribution >= 4 is 11.7 Å². The smallest absolute Gasteiger partial charge is 0.271 e. The van der Waals surface area contributed by atoms with Crippen LogP contribution in [0.15, 0.2) is 18.5 Å². The summed E-state index contributed by atoms with van der Waals surface area (Å²) in [6.45, 7) is 4.62. The van der Waals surface area contributed by atoms with Crippen molar-refractivity contribution in [1.29, 1.82) is 0 Å². The van der Waals surface area contributed by atoms with Gasteiger partial charge in [0.05, 0.1) is 13.2 Å². The summed E-state index contributed by atoms with van der Waals surface area (Å²) in [4.78, 5) is 22.3. The molecule has 9 nitrogen and oxygen atoms in total. The van der Waals surface area contributed by atoms with Crippen LogP contribution in [-0.4, -0.2) is 70.4 Å². The van der Waals surface area contributed by atoms with Gasteiger partial charge in [0, 0.05) is 44.6 Å². The molecule has 4 N–H and O–H groups in total. The number of hydrogen-bond donors (Lipinski definition) is 3. The molecule has 3 heterocycles. The van der Waals surface area contributed by atoms with Gasteiger partial charge in [-0.25, -0.2) is 9.97 Å². The maximum absolute atomic E-state index is 12.1. The van der Waals surface area contributed by atoms with Gasteiger partial charge in [0.25, 0.3) is 5.91 Å². The summed E-state index contributed by atoms with van der Waals surface area (Å²) in [7, 11) is 0. The Morgan fingerprint density at radius 1 is 1.32 bits per heavy atom. The lowest BCUT2D eigenvalue weighted by atomic mass is 10.3. The predicted molar refractivity (Wildman–Crippen MR) is 90.6 cm³/mol. The normalized spacial score (nSPS) is 14.6. The van der Waals surface area contributed by atoms with Gasteiger partial charge in [0.15, 0.2) is 17.2 Å². The van der Waals surface area contributed by atoms with Crippen molar-refractivity contribution in [3.05, 3.63) is 35.5 Å². The SMILES string of the molecule is Nc1nccnc1C#Cc1cc(C(=O)NCCN2CCOCC2)n[nH]1. The molecule has 1 fully saturated rings. The molecular weight excluding hydrogens is 322 g/mol. The van der Waals surface area contributed by atoms with Crippen LogP contribution in [0.2, 0.25) is 0 Å². The van der Waals surface area contributed by atoms with Gasteiger partial charge in [0.2, 0.25) is 0 Å². The van der Waals surface area contributed by atoms with E-state index in [1.165, 1.54) is 12.4 Å². The Morgan fingerprint density at radius 2 is 2.12 bits per heavy atom. The maximum atomic E-state index is 12.1. The van der Waals surface area contributed by atoms with Crippen LogP contribution in [0, 0.1) is 11.8 Å². The van der Waals surface area contributed by atoms with Crippen LogP contribution in [0.5, 0.6) is 0 Å². The van der Waals surface area contributed by atoms with Gasteiger partial charge in [-0.3, -0.25) is 14.8 Å². The highest BCUT2D eigenvalue weighted by atomic mass is 16.5. The lowest BCUT2D eigenvalue weighted by Gasteiger charge is -2.26. The van der Waals surface area contributed by atoms with Crippen LogP contribution in [0.25, 0.3) is 0 Å². The number of carbonyl (C=O) groups excluding carboxylic acids is 1. The molecule has 25 heavy (non-hydrogen) atoms. The second-order valence-corrected chi connectivity index (χ2v) is 5.42. The Kier molecular flexibility index (Phi) is 5.56. The summed E-state index contributed by atoms with van der Waals surface area (Å²) < 4.78 is 5.29. The number of ether oxygens (including phenoxy) is 1. The number of rotatable bonds is 4. The molecule has 1 saturated heterocycles. The van der Waals surface area contributed by atoms with Gasteiger partial charge >= 0.3 is 0 Å². The molecule has 0 saturated carbocycles. The number of carbonyl (C=O) groups is 1. The number of morpholine rings is 1. The molecule has 0 radical (unpaired) electrons. The molecule has 0 atom stereocenters. The van der Waals surface area contributed by atoms with Crippen molar-refractivity contribution in [2.24, 2.45) is 0 Å². The van der Waals surface area contributed by atoms with Crippen LogP contribution in [0.3, 0.4) is 0 Å². The van der Waals surface area contributed by atoms with E-state index in [-0.39, 0.29) is 11.7 Å². The molecule has 9 heteroatoms. The number of nitrogen functional groups attached to an aromatic ring is 1. The van der Waals surface area contributed by atoms with Crippen molar-refractivity contribution < 1.29 is 9.53 Å². The van der Waals surface area contributed by atoms with Crippen LogP contribution >= 0.6 is 0 Å². The average molecular weight is 341 g/mol. The quantitative estimate of drug-likeness (QED) is 0.625. The topological polar surface area (TPSA) is 122 Å². The molecule has 2 aromatic rings. The minimum absolute atomic E-state index is 0.239. The number of nitrogens with zero attached hydrogens (tertiary/aromatic N) is 4. The third-order valence-electron chi connectivity index (χ3n) is 3.67. The maximum Gasteiger partial charge on any atom is 0.271 e. The summed E-state index contributed by atoms with van der Waals surface area (Å²) in [5, 5.41) is 9.54. The minimum atomic E-state index is -0.239. The molecule has 130 valence electrons. The molecule has 1 amide bonds.